The first-order valence-corrected chi connectivity index (χ1v) is 12.2. The molecule has 0 spiro atoms. The molecular formula is C29H29ClFN5O3. The van der Waals surface area contributed by atoms with Gasteiger partial charge in [-0.2, -0.15) is 0 Å². The number of methoxy groups -OCH3 is 1. The van der Waals surface area contributed by atoms with Crippen molar-refractivity contribution in [2.75, 3.05) is 52.0 Å². The predicted octanol–water partition coefficient (Wildman–Crippen LogP) is 4.79. The van der Waals surface area contributed by atoms with Crippen LogP contribution in [0.2, 0.25) is 5.02 Å². The number of terminal acetylenes is 1. The van der Waals surface area contributed by atoms with Gasteiger partial charge in [-0.15, -0.1) is 6.42 Å². The smallest absolute Gasteiger partial charge is 0.258 e. The summed E-state index contributed by atoms with van der Waals surface area (Å²) in [6.07, 6.45) is 5.38. The second-order valence-corrected chi connectivity index (χ2v) is 9.37. The van der Waals surface area contributed by atoms with Crippen LogP contribution in [0.15, 0.2) is 54.6 Å². The van der Waals surface area contributed by atoms with E-state index < -0.39 is 17.6 Å². The highest BCUT2D eigenvalue weighted by Crippen LogP contribution is 2.33. The van der Waals surface area contributed by atoms with Gasteiger partial charge in [0.2, 0.25) is 0 Å². The molecule has 0 heterocycles. The minimum Gasteiger partial charge on any atom is -0.494 e. The van der Waals surface area contributed by atoms with Crippen LogP contribution in [0.5, 0.6) is 5.75 Å². The lowest BCUT2D eigenvalue weighted by Crippen LogP contribution is -2.33. The van der Waals surface area contributed by atoms with Gasteiger partial charge in [0.25, 0.3) is 11.8 Å². The number of halogens is 2. The summed E-state index contributed by atoms with van der Waals surface area (Å²) in [5, 5.41) is 13.9. The highest BCUT2D eigenvalue weighted by molar-refractivity contribution is 6.31. The third kappa shape index (κ3) is 7.35. The summed E-state index contributed by atoms with van der Waals surface area (Å²) in [5.74, 6) is 0.532. The van der Waals surface area contributed by atoms with Gasteiger partial charge in [-0.1, -0.05) is 23.6 Å². The molecule has 0 aliphatic heterocycles. The van der Waals surface area contributed by atoms with Gasteiger partial charge in [-0.25, -0.2) is 4.39 Å². The summed E-state index contributed by atoms with van der Waals surface area (Å²) >= 11 is 6.20. The van der Waals surface area contributed by atoms with E-state index in [1.165, 1.54) is 31.4 Å². The van der Waals surface area contributed by atoms with E-state index in [2.05, 4.69) is 16.6 Å². The van der Waals surface area contributed by atoms with E-state index in [0.717, 1.165) is 12.6 Å². The van der Waals surface area contributed by atoms with E-state index in [4.69, 9.17) is 28.2 Å². The number of amides is 2. The molecule has 3 N–H and O–H groups in total. The van der Waals surface area contributed by atoms with Gasteiger partial charge < -0.3 is 25.2 Å². The zero-order valence-corrected chi connectivity index (χ0v) is 22.8. The Hall–Kier alpha value is -4.39. The van der Waals surface area contributed by atoms with Crippen LogP contribution >= 0.6 is 11.6 Å². The molecule has 0 aromatic heterocycles. The molecule has 0 saturated carbocycles. The maximum absolute atomic E-state index is 15.1. The molecular weight excluding hydrogens is 521 g/mol. The number of carbonyl (C=O) groups excluding carboxylic acids is 2. The molecule has 0 atom stereocenters. The Balaban J connectivity index is 1.86. The van der Waals surface area contributed by atoms with Crippen molar-refractivity contribution >= 4 is 40.6 Å². The van der Waals surface area contributed by atoms with Crippen LogP contribution in [0.1, 0.15) is 31.8 Å². The van der Waals surface area contributed by atoms with Gasteiger partial charge in [0.05, 0.1) is 23.9 Å². The molecule has 0 fully saturated rings. The fraction of sp³-hybridized carbons (Fsp3) is 0.207. The average molecular weight is 550 g/mol. The molecule has 39 heavy (non-hydrogen) atoms. The van der Waals surface area contributed by atoms with Gasteiger partial charge in [0.1, 0.15) is 17.4 Å². The Labute approximate surface area is 232 Å². The molecule has 0 bridgehead atoms. The van der Waals surface area contributed by atoms with E-state index in [1.54, 1.807) is 36.2 Å². The second kappa shape index (κ2) is 12.9. The number of likely N-dealkylation sites (N-methyl/N-ethyl adjacent to an activating group) is 2. The van der Waals surface area contributed by atoms with Crippen LogP contribution in [-0.2, 0) is 0 Å². The topological polar surface area (TPSA) is 97.8 Å². The van der Waals surface area contributed by atoms with Crippen LogP contribution in [0.3, 0.4) is 0 Å². The van der Waals surface area contributed by atoms with E-state index in [9.17, 15) is 9.59 Å². The maximum atomic E-state index is 15.1. The molecule has 2 amide bonds. The van der Waals surface area contributed by atoms with Crippen molar-refractivity contribution in [2.45, 2.75) is 0 Å². The van der Waals surface area contributed by atoms with Crippen LogP contribution in [0.4, 0.5) is 15.8 Å². The van der Waals surface area contributed by atoms with Gasteiger partial charge >= 0.3 is 0 Å². The highest BCUT2D eigenvalue weighted by Gasteiger charge is 2.22. The first kappa shape index (κ1) is 29.2. The van der Waals surface area contributed by atoms with Gasteiger partial charge in [0, 0.05) is 48.0 Å². The van der Waals surface area contributed by atoms with Crippen molar-refractivity contribution in [3.05, 3.63) is 87.7 Å². The lowest BCUT2D eigenvalue weighted by molar-refractivity contribution is 0.102. The average Bonchev–Trinajstić information content (AvgIpc) is 2.91. The number of benzene rings is 3. The number of nitrogens with zero attached hydrogens (tertiary/aromatic N) is 2. The summed E-state index contributed by atoms with van der Waals surface area (Å²) in [6.45, 7) is 1.29. The van der Waals surface area contributed by atoms with Crippen molar-refractivity contribution in [1.82, 2.24) is 9.80 Å². The quantitative estimate of drug-likeness (QED) is 0.202. The Kier molecular flexibility index (Phi) is 9.66. The van der Waals surface area contributed by atoms with Crippen molar-refractivity contribution in [3.63, 3.8) is 0 Å². The Morgan fingerprint density at radius 3 is 2.26 bits per heavy atom. The zero-order valence-electron chi connectivity index (χ0n) is 22.1. The Bertz CT molecular complexity index is 1430. The highest BCUT2D eigenvalue weighted by atomic mass is 35.5. The summed E-state index contributed by atoms with van der Waals surface area (Å²) in [4.78, 5) is 29.9. The lowest BCUT2D eigenvalue weighted by atomic mass is 10.1. The molecule has 3 aromatic rings. The molecule has 0 unspecified atom stereocenters. The number of anilines is 2. The van der Waals surface area contributed by atoms with E-state index in [-0.39, 0.29) is 33.4 Å². The first-order chi connectivity index (χ1) is 18.5. The minimum atomic E-state index is -0.816. The molecule has 10 heteroatoms. The number of nitrogens with one attached hydrogen (secondary N) is 3. The fourth-order valence-corrected chi connectivity index (χ4v) is 3.82. The molecule has 0 radical (unpaired) electrons. The number of rotatable bonds is 9. The summed E-state index contributed by atoms with van der Waals surface area (Å²) in [6, 6.07) is 13.3. The Morgan fingerprint density at radius 1 is 1.00 bits per heavy atom. The number of carbonyl (C=O) groups is 2. The molecule has 0 aliphatic carbocycles. The summed E-state index contributed by atoms with van der Waals surface area (Å²) < 4.78 is 20.4. The minimum absolute atomic E-state index is 0.00931. The fourth-order valence-electron chi connectivity index (χ4n) is 3.61. The monoisotopic (exact) mass is 549 g/mol. The van der Waals surface area contributed by atoms with Gasteiger partial charge in [0.15, 0.2) is 0 Å². The first-order valence-electron chi connectivity index (χ1n) is 11.8. The number of hydrogen-bond donors (Lipinski definition) is 3. The van der Waals surface area contributed by atoms with Crippen LogP contribution < -0.4 is 15.4 Å². The predicted molar refractivity (Wildman–Crippen MR) is 153 cm³/mol. The van der Waals surface area contributed by atoms with Crippen LogP contribution in [-0.4, -0.2) is 68.8 Å². The van der Waals surface area contributed by atoms with E-state index in [0.29, 0.717) is 23.4 Å². The van der Waals surface area contributed by atoms with Crippen LogP contribution in [0.25, 0.3) is 0 Å². The molecule has 202 valence electrons. The van der Waals surface area contributed by atoms with Gasteiger partial charge in [-0.05, 0) is 56.6 Å². The number of hydrogen-bond acceptors (Lipinski definition) is 5. The molecule has 0 saturated heterocycles. The SMILES string of the molecule is C#Cc1ccc(NC(=O)c2cc(Cl)cc(OC)c2NC(=O)c2ccc(C(=N)N(C)CCN(C)C)cc2F)cc1. The molecule has 3 rings (SSSR count). The van der Waals surface area contributed by atoms with Gasteiger partial charge in [-0.3, -0.25) is 15.0 Å². The standard InChI is InChI=1S/C29H29ClFN5O3/c1-6-18-7-10-21(11-8-18)33-29(38)23-16-20(30)17-25(39-5)26(23)34-28(37)22-12-9-19(15-24(22)31)27(32)36(4)14-13-35(2)3/h1,7-12,15-17,32H,13-14H2,2-5H3,(H,33,38)(H,34,37). The number of ether oxygens (including phenoxy) is 1. The largest absolute Gasteiger partial charge is 0.494 e. The molecule has 0 aliphatic rings. The maximum Gasteiger partial charge on any atom is 0.258 e. The third-order valence-electron chi connectivity index (χ3n) is 5.83. The van der Waals surface area contributed by atoms with E-state index in [1.807, 2.05) is 19.0 Å². The van der Waals surface area contributed by atoms with Crippen LogP contribution in [0, 0.1) is 23.6 Å². The number of amidine groups is 1. The van der Waals surface area contributed by atoms with Crippen molar-refractivity contribution in [2.24, 2.45) is 0 Å². The molecule has 8 nitrogen and oxygen atoms in total. The normalized spacial score (nSPS) is 10.5. The van der Waals surface area contributed by atoms with Crippen molar-refractivity contribution in [3.8, 4) is 18.1 Å². The molecule has 3 aromatic carbocycles. The van der Waals surface area contributed by atoms with Crippen molar-refractivity contribution < 1.29 is 18.7 Å². The van der Waals surface area contributed by atoms with E-state index >= 15 is 4.39 Å². The lowest BCUT2D eigenvalue weighted by Gasteiger charge is -2.22. The van der Waals surface area contributed by atoms with Crippen molar-refractivity contribution in [1.29, 1.82) is 5.41 Å². The third-order valence-corrected chi connectivity index (χ3v) is 6.05. The summed E-state index contributed by atoms with van der Waals surface area (Å²) in [7, 11) is 6.95. The zero-order chi connectivity index (χ0) is 28.7. The second-order valence-electron chi connectivity index (χ2n) is 8.93. The Morgan fingerprint density at radius 2 is 1.67 bits per heavy atom. The summed E-state index contributed by atoms with van der Waals surface area (Å²) in [5.41, 5.74) is 1.20.